The van der Waals surface area contributed by atoms with E-state index in [4.69, 9.17) is 16.9 Å². The van der Waals surface area contributed by atoms with Crippen molar-refractivity contribution in [3.8, 4) is 6.07 Å². The number of hydrogen-bond acceptors (Lipinski definition) is 2. The van der Waals surface area contributed by atoms with E-state index < -0.39 is 11.6 Å². The highest BCUT2D eigenvalue weighted by atomic mass is 35.5. The number of hydrogen-bond donors (Lipinski definition) is 2. The summed E-state index contributed by atoms with van der Waals surface area (Å²) in [6.45, 7) is 1.89. The van der Waals surface area contributed by atoms with E-state index in [1.54, 1.807) is 18.3 Å². The lowest BCUT2D eigenvalue weighted by molar-refractivity contribution is -0.682. The smallest absolute Gasteiger partial charge is 0.279 e. The number of anilines is 1. The van der Waals surface area contributed by atoms with Crippen LogP contribution < -0.4 is 10.6 Å². The van der Waals surface area contributed by atoms with Gasteiger partial charge in [0.15, 0.2) is 18.2 Å². The number of quaternary nitrogens is 1. The fourth-order valence-corrected chi connectivity index (χ4v) is 2.33. The molecule has 0 unspecified atom stereocenters. The minimum absolute atomic E-state index is 0.0950. The summed E-state index contributed by atoms with van der Waals surface area (Å²) in [4.78, 5) is 12.0. The fraction of sp³-hybridized carbons (Fsp3) is 0.176. The highest BCUT2D eigenvalue weighted by Gasteiger charge is 2.14. The quantitative estimate of drug-likeness (QED) is 0.870. The Hall–Kier alpha value is -2.49. The largest absolute Gasteiger partial charge is 0.333 e. The predicted molar refractivity (Wildman–Crippen MR) is 86.4 cm³/mol. The van der Waals surface area contributed by atoms with Crippen molar-refractivity contribution >= 4 is 23.2 Å². The number of carbonyl (C=O) groups excluding carboxylic acids is 1. The molecular weight excluding hydrogens is 336 g/mol. The molecular formula is C17H15ClF2N3O+. The number of nitrogens with zero attached hydrogens (tertiary/aromatic N) is 1. The van der Waals surface area contributed by atoms with E-state index in [0.29, 0.717) is 16.8 Å². The van der Waals surface area contributed by atoms with Gasteiger partial charge in [-0.25, -0.2) is 8.78 Å². The minimum atomic E-state index is -0.913. The molecule has 0 saturated carbocycles. The van der Waals surface area contributed by atoms with Crippen LogP contribution in [-0.2, 0) is 4.79 Å². The zero-order valence-electron chi connectivity index (χ0n) is 12.8. The first kappa shape index (κ1) is 17.9. The number of benzene rings is 2. The summed E-state index contributed by atoms with van der Waals surface area (Å²) in [6.07, 6.45) is 0. The fourth-order valence-electron chi connectivity index (χ4n) is 2.11. The Bertz CT molecular complexity index is 805. The first-order valence-electron chi connectivity index (χ1n) is 7.18. The Morgan fingerprint density at radius 2 is 2.04 bits per heavy atom. The molecule has 3 N–H and O–H groups in total. The zero-order valence-corrected chi connectivity index (χ0v) is 13.6. The molecule has 4 nitrogen and oxygen atoms in total. The molecule has 2 aromatic carbocycles. The molecule has 0 heterocycles. The Kier molecular flexibility index (Phi) is 5.85. The van der Waals surface area contributed by atoms with Crippen LogP contribution in [0.25, 0.3) is 0 Å². The lowest BCUT2D eigenvalue weighted by atomic mass is 10.1. The van der Waals surface area contributed by atoms with Gasteiger partial charge in [0.05, 0.1) is 10.6 Å². The number of nitriles is 1. The summed E-state index contributed by atoms with van der Waals surface area (Å²) >= 11 is 5.90. The van der Waals surface area contributed by atoms with Crippen LogP contribution >= 0.6 is 11.6 Å². The lowest BCUT2D eigenvalue weighted by Gasteiger charge is -2.11. The molecule has 0 aliphatic heterocycles. The second-order valence-electron chi connectivity index (χ2n) is 5.26. The van der Waals surface area contributed by atoms with Gasteiger partial charge in [0.2, 0.25) is 0 Å². The zero-order chi connectivity index (χ0) is 17.7. The highest BCUT2D eigenvalue weighted by Crippen LogP contribution is 2.20. The molecule has 0 bridgehead atoms. The molecule has 2 rings (SSSR count). The molecule has 1 atom stereocenters. The third-order valence-corrected chi connectivity index (χ3v) is 3.81. The van der Waals surface area contributed by atoms with Crippen LogP contribution in [0.5, 0.6) is 0 Å². The van der Waals surface area contributed by atoms with Gasteiger partial charge in [-0.15, -0.1) is 0 Å². The van der Waals surface area contributed by atoms with E-state index in [9.17, 15) is 13.6 Å². The first-order valence-corrected chi connectivity index (χ1v) is 7.56. The summed E-state index contributed by atoms with van der Waals surface area (Å²) < 4.78 is 26.1. The van der Waals surface area contributed by atoms with Gasteiger partial charge in [-0.2, -0.15) is 5.26 Å². The normalized spacial score (nSPS) is 11.6. The SMILES string of the molecule is C[C@@H]([NH2+]CC(=O)Nc1ccc(C#N)c(Cl)c1)c1ccc(F)c(F)c1. The van der Waals surface area contributed by atoms with Gasteiger partial charge in [0, 0.05) is 11.3 Å². The summed E-state index contributed by atoms with van der Waals surface area (Å²) in [7, 11) is 0. The summed E-state index contributed by atoms with van der Waals surface area (Å²) in [5.74, 6) is -2.09. The number of amides is 1. The van der Waals surface area contributed by atoms with Gasteiger partial charge < -0.3 is 10.6 Å². The van der Waals surface area contributed by atoms with E-state index in [1.807, 2.05) is 6.07 Å². The number of rotatable bonds is 5. The summed E-state index contributed by atoms with van der Waals surface area (Å²) in [5, 5.41) is 13.4. The number of nitrogens with one attached hydrogen (secondary N) is 1. The van der Waals surface area contributed by atoms with Crippen molar-refractivity contribution < 1.29 is 18.9 Å². The second-order valence-corrected chi connectivity index (χ2v) is 5.66. The van der Waals surface area contributed by atoms with Crippen LogP contribution in [-0.4, -0.2) is 12.5 Å². The Labute approximate surface area is 143 Å². The number of halogens is 3. The maximum absolute atomic E-state index is 13.2. The minimum Gasteiger partial charge on any atom is -0.333 e. The molecule has 0 aromatic heterocycles. The molecule has 24 heavy (non-hydrogen) atoms. The molecule has 0 saturated heterocycles. The molecule has 124 valence electrons. The van der Waals surface area contributed by atoms with Crippen LogP contribution in [0.4, 0.5) is 14.5 Å². The van der Waals surface area contributed by atoms with Gasteiger partial charge in [0.1, 0.15) is 12.1 Å². The van der Waals surface area contributed by atoms with E-state index in [2.05, 4.69) is 5.32 Å². The van der Waals surface area contributed by atoms with E-state index in [-0.39, 0.29) is 23.5 Å². The van der Waals surface area contributed by atoms with Crippen molar-refractivity contribution in [3.63, 3.8) is 0 Å². The summed E-state index contributed by atoms with van der Waals surface area (Å²) in [6, 6.07) is 9.99. The average Bonchev–Trinajstić information content (AvgIpc) is 2.55. The highest BCUT2D eigenvalue weighted by molar-refractivity contribution is 6.32. The Balaban J connectivity index is 1.92. The molecule has 1 amide bonds. The van der Waals surface area contributed by atoms with Gasteiger partial charge in [-0.3, -0.25) is 4.79 Å². The third-order valence-electron chi connectivity index (χ3n) is 3.50. The van der Waals surface area contributed by atoms with E-state index >= 15 is 0 Å². The van der Waals surface area contributed by atoms with Gasteiger partial charge in [-0.05, 0) is 43.3 Å². The van der Waals surface area contributed by atoms with Crippen LogP contribution in [0.1, 0.15) is 24.1 Å². The maximum Gasteiger partial charge on any atom is 0.279 e. The molecule has 0 spiro atoms. The Morgan fingerprint density at radius 1 is 1.29 bits per heavy atom. The van der Waals surface area contributed by atoms with E-state index in [0.717, 1.165) is 12.1 Å². The monoisotopic (exact) mass is 350 g/mol. The van der Waals surface area contributed by atoms with Crippen LogP contribution in [0, 0.1) is 23.0 Å². The summed E-state index contributed by atoms with van der Waals surface area (Å²) in [5.41, 5.74) is 1.40. The standard InChI is InChI=1S/C17H14ClF2N3O/c1-10(11-3-5-15(19)16(20)6-11)22-9-17(24)23-13-4-2-12(8-21)14(18)7-13/h2-7,10,22H,9H2,1H3,(H,23,24)/p+1/t10-/m1/s1. The van der Waals surface area contributed by atoms with Crippen molar-refractivity contribution in [1.82, 2.24) is 0 Å². The number of nitrogens with two attached hydrogens (primary N) is 1. The van der Waals surface area contributed by atoms with Gasteiger partial charge in [0.25, 0.3) is 5.91 Å². The molecule has 0 aliphatic rings. The van der Waals surface area contributed by atoms with Crippen molar-refractivity contribution in [2.75, 3.05) is 11.9 Å². The first-order chi connectivity index (χ1) is 11.4. The average molecular weight is 351 g/mol. The third kappa shape index (κ3) is 4.51. The lowest BCUT2D eigenvalue weighted by Crippen LogP contribution is -2.86. The van der Waals surface area contributed by atoms with Crippen molar-refractivity contribution in [1.29, 1.82) is 5.26 Å². The molecule has 2 aromatic rings. The second kappa shape index (κ2) is 7.86. The van der Waals surface area contributed by atoms with Crippen molar-refractivity contribution in [2.45, 2.75) is 13.0 Å². The van der Waals surface area contributed by atoms with Crippen LogP contribution in [0.2, 0.25) is 5.02 Å². The van der Waals surface area contributed by atoms with Crippen LogP contribution in [0.3, 0.4) is 0 Å². The molecule has 0 fully saturated rings. The van der Waals surface area contributed by atoms with E-state index in [1.165, 1.54) is 18.2 Å². The van der Waals surface area contributed by atoms with Crippen LogP contribution in [0.15, 0.2) is 36.4 Å². The van der Waals surface area contributed by atoms with Gasteiger partial charge >= 0.3 is 0 Å². The maximum atomic E-state index is 13.2. The van der Waals surface area contributed by atoms with Crippen molar-refractivity contribution in [2.24, 2.45) is 0 Å². The molecule has 7 heteroatoms. The predicted octanol–water partition coefficient (Wildman–Crippen LogP) is 2.75. The Morgan fingerprint density at radius 3 is 2.67 bits per heavy atom. The molecule has 0 aliphatic carbocycles. The molecule has 0 radical (unpaired) electrons. The number of carbonyl (C=O) groups is 1. The van der Waals surface area contributed by atoms with Gasteiger partial charge in [-0.1, -0.05) is 11.6 Å². The van der Waals surface area contributed by atoms with Crippen molar-refractivity contribution in [3.05, 3.63) is 64.2 Å². The topological polar surface area (TPSA) is 69.5 Å².